The molecule has 2 rings (SSSR count). The summed E-state index contributed by atoms with van der Waals surface area (Å²) in [4.78, 5) is 4.12. The fourth-order valence-corrected chi connectivity index (χ4v) is 2.26. The summed E-state index contributed by atoms with van der Waals surface area (Å²) in [6, 6.07) is 6.83. The first-order valence-electron chi connectivity index (χ1n) is 6.58. The van der Waals surface area contributed by atoms with E-state index in [0.29, 0.717) is 31.0 Å². The molecule has 0 aliphatic heterocycles. The van der Waals surface area contributed by atoms with Gasteiger partial charge in [0.1, 0.15) is 5.82 Å². The van der Waals surface area contributed by atoms with E-state index in [4.69, 9.17) is 4.42 Å². The average Bonchev–Trinajstić information content (AvgIpc) is 2.99. The van der Waals surface area contributed by atoms with Crippen molar-refractivity contribution < 1.29 is 8.81 Å². The van der Waals surface area contributed by atoms with Crippen molar-refractivity contribution in [3.63, 3.8) is 0 Å². The highest BCUT2D eigenvalue weighted by Gasteiger charge is 2.04. The Kier molecular flexibility index (Phi) is 8.47. The van der Waals surface area contributed by atoms with E-state index in [9.17, 15) is 4.39 Å². The Morgan fingerprint density at radius 3 is 2.82 bits per heavy atom. The third-order valence-electron chi connectivity index (χ3n) is 2.96. The van der Waals surface area contributed by atoms with Gasteiger partial charge in [-0.1, -0.05) is 15.9 Å². The summed E-state index contributed by atoms with van der Waals surface area (Å²) in [5, 5.41) is 6.31. The number of hydrogen-bond donors (Lipinski definition) is 2. The second kappa shape index (κ2) is 9.83. The van der Waals surface area contributed by atoms with Gasteiger partial charge in [-0.15, -0.1) is 24.0 Å². The molecule has 22 heavy (non-hydrogen) atoms. The van der Waals surface area contributed by atoms with Gasteiger partial charge in [0.25, 0.3) is 0 Å². The number of nitrogens with zero attached hydrogens (tertiary/aromatic N) is 1. The summed E-state index contributed by atoms with van der Waals surface area (Å²) < 4.78 is 19.5. The SMILES string of the molecule is CN=C(NCCc1cc(Br)ccc1F)NCc1ccoc1.I. The highest BCUT2D eigenvalue weighted by Crippen LogP contribution is 2.15. The van der Waals surface area contributed by atoms with Crippen LogP contribution in [0.4, 0.5) is 4.39 Å². The lowest BCUT2D eigenvalue weighted by Crippen LogP contribution is -2.37. The lowest BCUT2D eigenvalue weighted by molar-refractivity contribution is 0.563. The second-order valence-electron chi connectivity index (χ2n) is 4.47. The van der Waals surface area contributed by atoms with Crippen molar-refractivity contribution in [2.45, 2.75) is 13.0 Å². The molecule has 1 aromatic carbocycles. The van der Waals surface area contributed by atoms with Crippen molar-refractivity contribution in [1.29, 1.82) is 0 Å². The molecule has 0 radical (unpaired) electrons. The second-order valence-corrected chi connectivity index (χ2v) is 5.39. The number of nitrogens with one attached hydrogen (secondary N) is 2. The van der Waals surface area contributed by atoms with Crippen LogP contribution in [-0.2, 0) is 13.0 Å². The minimum absolute atomic E-state index is 0. The van der Waals surface area contributed by atoms with E-state index in [-0.39, 0.29) is 29.8 Å². The molecule has 120 valence electrons. The average molecular weight is 482 g/mol. The van der Waals surface area contributed by atoms with E-state index in [1.54, 1.807) is 31.7 Å². The third kappa shape index (κ3) is 5.96. The summed E-state index contributed by atoms with van der Waals surface area (Å²) in [6.45, 7) is 1.22. The van der Waals surface area contributed by atoms with Gasteiger partial charge in [-0.2, -0.15) is 0 Å². The maximum Gasteiger partial charge on any atom is 0.191 e. The Morgan fingerprint density at radius 1 is 1.32 bits per heavy atom. The van der Waals surface area contributed by atoms with Crippen LogP contribution in [0.1, 0.15) is 11.1 Å². The van der Waals surface area contributed by atoms with Gasteiger partial charge in [0.2, 0.25) is 0 Å². The molecular formula is C15H18BrFIN3O. The smallest absolute Gasteiger partial charge is 0.191 e. The van der Waals surface area contributed by atoms with Crippen molar-refractivity contribution >= 4 is 45.9 Å². The van der Waals surface area contributed by atoms with Gasteiger partial charge in [-0.25, -0.2) is 4.39 Å². The fourth-order valence-electron chi connectivity index (χ4n) is 1.85. The molecule has 0 bridgehead atoms. The van der Waals surface area contributed by atoms with E-state index in [1.165, 1.54) is 6.07 Å². The monoisotopic (exact) mass is 481 g/mol. The van der Waals surface area contributed by atoms with E-state index < -0.39 is 0 Å². The summed E-state index contributed by atoms with van der Waals surface area (Å²) in [5.74, 6) is 0.480. The molecule has 0 atom stereocenters. The topological polar surface area (TPSA) is 49.6 Å². The van der Waals surface area contributed by atoms with Crippen molar-refractivity contribution in [3.8, 4) is 0 Å². The predicted octanol–water partition coefficient (Wildman–Crippen LogP) is 3.71. The number of guanidine groups is 1. The van der Waals surface area contributed by atoms with Crippen LogP contribution in [-0.4, -0.2) is 19.6 Å². The van der Waals surface area contributed by atoms with Crippen LogP contribution in [0.3, 0.4) is 0 Å². The van der Waals surface area contributed by atoms with Crippen LogP contribution in [0.2, 0.25) is 0 Å². The van der Waals surface area contributed by atoms with Crippen molar-refractivity contribution in [2.24, 2.45) is 4.99 Å². The lowest BCUT2D eigenvalue weighted by atomic mass is 10.1. The van der Waals surface area contributed by atoms with Crippen LogP contribution in [0.5, 0.6) is 0 Å². The first-order valence-corrected chi connectivity index (χ1v) is 7.38. The molecular weight excluding hydrogens is 464 g/mol. The molecule has 2 aromatic rings. The molecule has 1 heterocycles. The molecule has 0 fully saturated rings. The van der Waals surface area contributed by atoms with Crippen molar-refractivity contribution in [1.82, 2.24) is 10.6 Å². The van der Waals surface area contributed by atoms with E-state index in [1.807, 2.05) is 6.07 Å². The third-order valence-corrected chi connectivity index (χ3v) is 3.45. The Bertz CT molecular complexity index is 605. The summed E-state index contributed by atoms with van der Waals surface area (Å²) in [5.41, 5.74) is 1.71. The van der Waals surface area contributed by atoms with E-state index >= 15 is 0 Å². The van der Waals surface area contributed by atoms with Crippen LogP contribution < -0.4 is 10.6 Å². The van der Waals surface area contributed by atoms with E-state index in [0.717, 1.165) is 10.0 Å². The predicted molar refractivity (Wildman–Crippen MR) is 100 cm³/mol. The molecule has 0 saturated heterocycles. The molecule has 0 amide bonds. The summed E-state index contributed by atoms with van der Waals surface area (Å²) in [6.07, 6.45) is 3.89. The highest BCUT2D eigenvalue weighted by molar-refractivity contribution is 14.0. The largest absolute Gasteiger partial charge is 0.472 e. The van der Waals surface area contributed by atoms with Crippen LogP contribution >= 0.6 is 39.9 Å². The van der Waals surface area contributed by atoms with Gasteiger partial charge in [-0.05, 0) is 36.2 Å². The maximum atomic E-state index is 13.6. The summed E-state index contributed by atoms with van der Waals surface area (Å²) in [7, 11) is 1.70. The van der Waals surface area contributed by atoms with Crippen molar-refractivity contribution in [2.75, 3.05) is 13.6 Å². The Labute approximate surface area is 154 Å². The quantitative estimate of drug-likeness (QED) is 0.389. The Morgan fingerprint density at radius 2 is 2.14 bits per heavy atom. The number of benzene rings is 1. The molecule has 4 nitrogen and oxygen atoms in total. The van der Waals surface area contributed by atoms with E-state index in [2.05, 4.69) is 31.6 Å². The molecule has 0 unspecified atom stereocenters. The molecule has 7 heteroatoms. The maximum absolute atomic E-state index is 13.6. The molecule has 0 aliphatic rings. The first-order chi connectivity index (χ1) is 10.2. The number of hydrogen-bond acceptors (Lipinski definition) is 2. The van der Waals surface area contributed by atoms with Gasteiger partial charge in [0.15, 0.2) is 5.96 Å². The van der Waals surface area contributed by atoms with Crippen LogP contribution in [0.25, 0.3) is 0 Å². The summed E-state index contributed by atoms with van der Waals surface area (Å²) >= 11 is 3.35. The van der Waals surface area contributed by atoms with Crippen LogP contribution in [0, 0.1) is 5.82 Å². The molecule has 2 N–H and O–H groups in total. The first kappa shape index (κ1) is 19.0. The van der Waals surface area contributed by atoms with Gasteiger partial charge >= 0.3 is 0 Å². The van der Waals surface area contributed by atoms with Gasteiger partial charge in [0.05, 0.1) is 12.5 Å². The van der Waals surface area contributed by atoms with Gasteiger partial charge in [-0.3, -0.25) is 4.99 Å². The highest BCUT2D eigenvalue weighted by atomic mass is 127. The van der Waals surface area contributed by atoms with Gasteiger partial charge in [0, 0.05) is 30.2 Å². The zero-order chi connectivity index (χ0) is 15.1. The molecule has 0 spiro atoms. The number of aliphatic imine (C=N–C) groups is 1. The molecule has 0 aliphatic carbocycles. The minimum atomic E-state index is -0.193. The zero-order valence-corrected chi connectivity index (χ0v) is 16.0. The number of rotatable bonds is 5. The molecule has 0 saturated carbocycles. The minimum Gasteiger partial charge on any atom is -0.472 e. The number of halogens is 3. The fraction of sp³-hybridized carbons (Fsp3) is 0.267. The Balaban J connectivity index is 0.00000242. The Hall–Kier alpha value is -1.09. The normalized spacial score (nSPS) is 11.0. The van der Waals surface area contributed by atoms with Gasteiger partial charge < -0.3 is 15.1 Å². The lowest BCUT2D eigenvalue weighted by Gasteiger charge is -2.11. The standard InChI is InChI=1S/C15H17BrFN3O.HI/c1-18-15(20-9-11-5-7-21-10-11)19-6-4-12-8-13(16)2-3-14(12)17;/h2-3,5,7-8,10H,4,6,9H2,1H3,(H2,18,19,20);1H. The number of furan rings is 1. The zero-order valence-electron chi connectivity index (χ0n) is 12.1. The molecule has 1 aromatic heterocycles. The van der Waals surface area contributed by atoms with Crippen molar-refractivity contribution in [3.05, 3.63) is 58.2 Å². The van der Waals surface area contributed by atoms with Crippen LogP contribution in [0.15, 0.2) is 50.7 Å².